The summed E-state index contributed by atoms with van der Waals surface area (Å²) in [6.07, 6.45) is 53.7. The van der Waals surface area contributed by atoms with Gasteiger partial charge in [0, 0.05) is 0 Å². The second kappa shape index (κ2) is 33.4. The van der Waals surface area contributed by atoms with Crippen LogP contribution in [0.1, 0.15) is 155 Å². The zero-order valence-electron chi connectivity index (χ0n) is 25.5. The van der Waals surface area contributed by atoms with E-state index in [-0.39, 0.29) is 6.10 Å². The first-order valence-corrected chi connectivity index (χ1v) is 16.4. The minimum absolute atomic E-state index is 0.0706. The van der Waals surface area contributed by atoms with Gasteiger partial charge in [-0.25, -0.2) is 0 Å². The second-order valence-electron chi connectivity index (χ2n) is 10.6. The predicted molar refractivity (Wildman–Crippen MR) is 174 cm³/mol. The lowest BCUT2D eigenvalue weighted by atomic mass is 10.0. The first-order chi connectivity index (χ1) is 18.8. The molecule has 0 fully saturated rings. The Kier molecular flexibility index (Phi) is 32.0. The Morgan fingerprint density at radius 2 is 0.658 bits per heavy atom. The Bertz CT molecular complexity index is 565. The average Bonchev–Trinajstić information content (AvgIpc) is 2.92. The minimum Gasteiger partial charge on any atom is -0.393 e. The molecule has 1 heteroatoms. The Morgan fingerprint density at radius 3 is 1.03 bits per heavy atom. The van der Waals surface area contributed by atoms with Gasteiger partial charge >= 0.3 is 0 Å². The maximum atomic E-state index is 10.2. The van der Waals surface area contributed by atoms with E-state index in [1.165, 1.54) is 89.9 Å². The van der Waals surface area contributed by atoms with Crippen LogP contribution < -0.4 is 0 Å². The largest absolute Gasteiger partial charge is 0.393 e. The van der Waals surface area contributed by atoms with Gasteiger partial charge in [0.05, 0.1) is 6.10 Å². The number of hydrogen-bond donors (Lipinski definition) is 1. The summed E-state index contributed by atoms with van der Waals surface area (Å²) in [6, 6.07) is 0. The van der Waals surface area contributed by atoms with Crippen LogP contribution in [0.15, 0.2) is 72.9 Å². The zero-order valence-corrected chi connectivity index (χ0v) is 25.5. The van der Waals surface area contributed by atoms with Crippen molar-refractivity contribution in [1.82, 2.24) is 0 Å². The van der Waals surface area contributed by atoms with E-state index in [0.29, 0.717) is 0 Å². The Morgan fingerprint density at radius 1 is 0.368 bits per heavy atom. The SMILES string of the molecule is CC/C=C\C/C=C\C/C=C\CCCCCCCCC(O)CCCCCCCC/C=C\C/C=C\C/C=C\CC. The van der Waals surface area contributed by atoms with Gasteiger partial charge in [0.1, 0.15) is 0 Å². The van der Waals surface area contributed by atoms with Gasteiger partial charge in [0.15, 0.2) is 0 Å². The Labute approximate surface area is 239 Å². The summed E-state index contributed by atoms with van der Waals surface area (Å²) in [5.41, 5.74) is 0. The van der Waals surface area contributed by atoms with Crippen molar-refractivity contribution in [3.8, 4) is 0 Å². The maximum absolute atomic E-state index is 10.2. The quantitative estimate of drug-likeness (QED) is 0.0797. The summed E-state index contributed by atoms with van der Waals surface area (Å²) in [5, 5.41) is 10.2. The molecule has 0 rings (SSSR count). The lowest BCUT2D eigenvalue weighted by Gasteiger charge is -2.10. The van der Waals surface area contributed by atoms with Crippen LogP contribution in [-0.4, -0.2) is 11.2 Å². The molecule has 0 aromatic heterocycles. The smallest absolute Gasteiger partial charge is 0.0540 e. The summed E-state index contributed by atoms with van der Waals surface area (Å²) >= 11 is 0. The number of unbranched alkanes of at least 4 members (excludes halogenated alkanes) is 12. The minimum atomic E-state index is -0.0706. The summed E-state index contributed by atoms with van der Waals surface area (Å²) in [4.78, 5) is 0. The van der Waals surface area contributed by atoms with Gasteiger partial charge in [0.2, 0.25) is 0 Å². The molecule has 0 aliphatic rings. The van der Waals surface area contributed by atoms with Crippen LogP contribution >= 0.6 is 0 Å². The Hall–Kier alpha value is -1.60. The van der Waals surface area contributed by atoms with Crippen LogP contribution in [0.2, 0.25) is 0 Å². The van der Waals surface area contributed by atoms with Crippen LogP contribution in [0.25, 0.3) is 0 Å². The van der Waals surface area contributed by atoms with E-state index in [1.54, 1.807) is 0 Å². The molecule has 0 atom stereocenters. The molecule has 0 saturated carbocycles. The number of hydrogen-bond acceptors (Lipinski definition) is 1. The lowest BCUT2D eigenvalue weighted by Crippen LogP contribution is -2.05. The highest BCUT2D eigenvalue weighted by Gasteiger charge is 2.03. The van der Waals surface area contributed by atoms with Crippen molar-refractivity contribution in [2.45, 2.75) is 161 Å². The van der Waals surface area contributed by atoms with E-state index < -0.39 is 0 Å². The molecule has 218 valence electrons. The molecule has 1 nitrogen and oxygen atoms in total. The van der Waals surface area contributed by atoms with E-state index in [4.69, 9.17) is 0 Å². The van der Waals surface area contributed by atoms with E-state index in [2.05, 4.69) is 86.8 Å². The van der Waals surface area contributed by atoms with Crippen LogP contribution in [0.4, 0.5) is 0 Å². The molecule has 0 radical (unpaired) electrons. The van der Waals surface area contributed by atoms with Gasteiger partial charge in [-0.1, -0.05) is 151 Å². The zero-order chi connectivity index (χ0) is 27.6. The average molecular weight is 525 g/mol. The van der Waals surface area contributed by atoms with Crippen molar-refractivity contribution in [2.75, 3.05) is 0 Å². The second-order valence-corrected chi connectivity index (χ2v) is 10.6. The Balaban J connectivity index is 3.32. The molecule has 0 spiro atoms. The van der Waals surface area contributed by atoms with Crippen molar-refractivity contribution in [3.63, 3.8) is 0 Å². The molecule has 38 heavy (non-hydrogen) atoms. The first-order valence-electron chi connectivity index (χ1n) is 16.4. The summed E-state index contributed by atoms with van der Waals surface area (Å²) < 4.78 is 0. The number of allylic oxidation sites excluding steroid dienone is 12. The molecule has 0 heterocycles. The molecule has 0 bridgehead atoms. The van der Waals surface area contributed by atoms with Crippen LogP contribution in [0.5, 0.6) is 0 Å². The van der Waals surface area contributed by atoms with Gasteiger partial charge in [0.25, 0.3) is 0 Å². The summed E-state index contributed by atoms with van der Waals surface area (Å²) in [7, 11) is 0. The number of rotatable bonds is 28. The van der Waals surface area contributed by atoms with E-state index >= 15 is 0 Å². The van der Waals surface area contributed by atoms with Gasteiger partial charge in [-0.2, -0.15) is 0 Å². The molecule has 0 saturated heterocycles. The van der Waals surface area contributed by atoms with Crippen molar-refractivity contribution in [2.24, 2.45) is 0 Å². The molecule has 0 aromatic rings. The molecule has 0 aliphatic heterocycles. The fourth-order valence-electron chi connectivity index (χ4n) is 4.50. The maximum Gasteiger partial charge on any atom is 0.0540 e. The fourth-order valence-corrected chi connectivity index (χ4v) is 4.50. The monoisotopic (exact) mass is 524 g/mol. The van der Waals surface area contributed by atoms with E-state index in [9.17, 15) is 5.11 Å². The fraction of sp³-hybridized carbons (Fsp3) is 0.676. The van der Waals surface area contributed by atoms with E-state index in [0.717, 1.165) is 51.4 Å². The molecule has 1 N–H and O–H groups in total. The summed E-state index contributed by atoms with van der Waals surface area (Å²) in [6.45, 7) is 4.35. The predicted octanol–water partition coefficient (Wildman–Crippen LogP) is 12.3. The molecular weight excluding hydrogens is 460 g/mol. The summed E-state index contributed by atoms with van der Waals surface area (Å²) in [5.74, 6) is 0. The van der Waals surface area contributed by atoms with Crippen molar-refractivity contribution in [1.29, 1.82) is 0 Å². The van der Waals surface area contributed by atoms with Crippen LogP contribution in [-0.2, 0) is 0 Å². The highest BCUT2D eigenvalue weighted by Crippen LogP contribution is 2.15. The molecule has 0 aromatic carbocycles. The molecule has 0 unspecified atom stereocenters. The highest BCUT2D eigenvalue weighted by atomic mass is 16.3. The third-order valence-corrected chi connectivity index (χ3v) is 6.88. The third kappa shape index (κ3) is 32.4. The molecule has 0 aliphatic carbocycles. The number of aliphatic hydroxyl groups is 1. The lowest BCUT2D eigenvalue weighted by molar-refractivity contribution is 0.147. The van der Waals surface area contributed by atoms with Gasteiger partial charge in [-0.15, -0.1) is 0 Å². The van der Waals surface area contributed by atoms with Crippen molar-refractivity contribution < 1.29 is 5.11 Å². The first kappa shape index (κ1) is 36.4. The van der Waals surface area contributed by atoms with Crippen LogP contribution in [0.3, 0.4) is 0 Å². The van der Waals surface area contributed by atoms with E-state index in [1.807, 2.05) is 0 Å². The standard InChI is InChI=1S/C37H64O/c1-3-5-7-9-11-13-15-17-19-21-23-25-27-29-31-33-35-37(38)36-34-32-30-28-26-24-22-20-18-16-14-12-10-8-6-4-2/h5-8,11-14,17-20,37-38H,3-4,9-10,15-16,21-36H2,1-2H3/b7-5-,8-6-,13-11-,14-12-,19-17-,20-18-. The molecular formula is C37H64O. The van der Waals surface area contributed by atoms with Crippen molar-refractivity contribution >= 4 is 0 Å². The van der Waals surface area contributed by atoms with Gasteiger partial charge in [-0.05, 0) is 77.0 Å². The van der Waals surface area contributed by atoms with Crippen LogP contribution in [0, 0.1) is 0 Å². The molecule has 0 amide bonds. The number of aliphatic hydroxyl groups excluding tert-OH is 1. The normalized spacial score (nSPS) is 12.9. The third-order valence-electron chi connectivity index (χ3n) is 6.88. The van der Waals surface area contributed by atoms with Gasteiger partial charge < -0.3 is 5.11 Å². The highest BCUT2D eigenvalue weighted by molar-refractivity contribution is 4.97. The van der Waals surface area contributed by atoms with Crippen molar-refractivity contribution in [3.05, 3.63) is 72.9 Å². The van der Waals surface area contributed by atoms with Gasteiger partial charge in [-0.3, -0.25) is 0 Å². The topological polar surface area (TPSA) is 20.2 Å².